The molecule has 0 unspecified atom stereocenters. The van der Waals surface area contributed by atoms with Crippen LogP contribution in [0, 0.1) is 5.41 Å². The highest BCUT2D eigenvalue weighted by Gasteiger charge is 2.29. The van der Waals surface area contributed by atoms with Gasteiger partial charge in [-0.3, -0.25) is 9.63 Å². The lowest BCUT2D eigenvalue weighted by Crippen LogP contribution is -2.37. The number of hydrogen-bond donors (Lipinski definition) is 0. The van der Waals surface area contributed by atoms with Crippen LogP contribution >= 0.6 is 0 Å². The summed E-state index contributed by atoms with van der Waals surface area (Å²) in [4.78, 5) is 28.5. The summed E-state index contributed by atoms with van der Waals surface area (Å²) in [6.45, 7) is 3.83. The van der Waals surface area contributed by atoms with Crippen molar-refractivity contribution in [3.05, 3.63) is 48.0 Å². The Balaban J connectivity index is 2.44. The topological polar surface area (TPSA) is 55.8 Å². The van der Waals surface area contributed by atoms with E-state index in [9.17, 15) is 9.59 Å². The normalized spacial score (nSPS) is 11.5. The van der Waals surface area contributed by atoms with Crippen molar-refractivity contribution in [1.82, 2.24) is 5.06 Å². The Morgan fingerprint density at radius 3 is 2.45 bits per heavy atom. The van der Waals surface area contributed by atoms with Gasteiger partial charge in [-0.1, -0.05) is 50.3 Å². The molecule has 0 N–H and O–H groups in total. The van der Waals surface area contributed by atoms with Crippen molar-refractivity contribution in [2.24, 2.45) is 5.41 Å². The quantitative estimate of drug-likeness (QED) is 0.441. The molecule has 1 aromatic rings. The molecule has 0 spiro atoms. The maximum absolute atomic E-state index is 12.0. The van der Waals surface area contributed by atoms with Gasteiger partial charge in [-0.05, 0) is 12.0 Å². The second-order valence-corrected chi connectivity index (χ2v) is 5.57. The molecule has 0 atom stereocenters. The van der Waals surface area contributed by atoms with Gasteiger partial charge in [0.2, 0.25) is 0 Å². The Morgan fingerprint density at radius 1 is 1.23 bits per heavy atom. The Hall–Kier alpha value is -2.14. The molecule has 5 nitrogen and oxygen atoms in total. The Kier molecular flexibility index (Phi) is 6.79. The number of ether oxygens (including phenoxy) is 1. The number of hydrogen-bond acceptors (Lipinski definition) is 4. The molecule has 0 bridgehead atoms. The first-order chi connectivity index (χ1) is 10.4. The molecule has 120 valence electrons. The molecule has 0 aromatic heterocycles. The second kappa shape index (κ2) is 8.34. The summed E-state index contributed by atoms with van der Waals surface area (Å²) < 4.78 is 5.13. The highest BCUT2D eigenvalue weighted by molar-refractivity contribution is 5.83. The lowest BCUT2D eigenvalue weighted by molar-refractivity contribution is -0.178. The third-order valence-corrected chi connectivity index (χ3v) is 3.24. The molecule has 0 aliphatic heterocycles. The van der Waals surface area contributed by atoms with Gasteiger partial charge in [-0.25, -0.2) is 9.86 Å². The number of rotatable bonds is 7. The average Bonchev–Trinajstić information content (AvgIpc) is 2.52. The van der Waals surface area contributed by atoms with E-state index in [1.807, 2.05) is 30.3 Å². The fourth-order valence-corrected chi connectivity index (χ4v) is 1.82. The SMILES string of the molecule is CON(C)C(=O)C(C)(C)C/C=C/C(=O)OCc1ccccc1. The minimum absolute atomic E-state index is 0.155. The van der Waals surface area contributed by atoms with Gasteiger partial charge < -0.3 is 4.74 Å². The summed E-state index contributed by atoms with van der Waals surface area (Å²) in [5.41, 5.74) is 0.280. The van der Waals surface area contributed by atoms with E-state index in [1.165, 1.54) is 18.2 Å². The number of carbonyl (C=O) groups excluding carboxylic acids is 2. The van der Waals surface area contributed by atoms with Gasteiger partial charge in [0.1, 0.15) is 6.61 Å². The summed E-state index contributed by atoms with van der Waals surface area (Å²) in [5, 5.41) is 1.18. The molecule has 0 aliphatic carbocycles. The molecule has 1 rings (SSSR count). The van der Waals surface area contributed by atoms with Crippen LogP contribution < -0.4 is 0 Å². The van der Waals surface area contributed by atoms with Gasteiger partial charge in [0, 0.05) is 18.5 Å². The van der Waals surface area contributed by atoms with Crippen LogP contribution in [-0.4, -0.2) is 31.1 Å². The lowest BCUT2D eigenvalue weighted by Gasteiger charge is -2.26. The lowest BCUT2D eigenvalue weighted by atomic mass is 9.88. The number of amides is 1. The maximum Gasteiger partial charge on any atom is 0.330 e. The molecule has 22 heavy (non-hydrogen) atoms. The molecule has 0 saturated heterocycles. The molecular formula is C17H23NO4. The summed E-state index contributed by atoms with van der Waals surface area (Å²) in [5.74, 6) is -0.579. The van der Waals surface area contributed by atoms with Gasteiger partial charge in [0.25, 0.3) is 5.91 Å². The highest BCUT2D eigenvalue weighted by atomic mass is 16.7. The van der Waals surface area contributed by atoms with Crippen molar-refractivity contribution in [2.45, 2.75) is 26.9 Å². The van der Waals surface area contributed by atoms with Crippen LogP contribution in [-0.2, 0) is 25.8 Å². The molecule has 5 heteroatoms. The van der Waals surface area contributed by atoms with Gasteiger partial charge in [-0.2, -0.15) is 0 Å². The Bertz CT molecular complexity index is 523. The van der Waals surface area contributed by atoms with Gasteiger partial charge in [0.05, 0.1) is 7.11 Å². The van der Waals surface area contributed by atoms with E-state index in [0.717, 1.165) is 5.56 Å². The standard InChI is InChI=1S/C17H23NO4/c1-17(2,16(20)18(3)21-4)12-8-11-15(19)22-13-14-9-6-5-7-10-14/h5-11H,12-13H2,1-4H3/b11-8+. The highest BCUT2D eigenvalue weighted by Crippen LogP contribution is 2.23. The van der Waals surface area contributed by atoms with E-state index >= 15 is 0 Å². The van der Waals surface area contributed by atoms with Crippen LogP contribution in [0.25, 0.3) is 0 Å². The van der Waals surface area contributed by atoms with Crippen LogP contribution in [0.4, 0.5) is 0 Å². The maximum atomic E-state index is 12.0. The first kappa shape index (κ1) is 17.9. The predicted molar refractivity (Wildman–Crippen MR) is 83.6 cm³/mol. The minimum atomic E-state index is -0.652. The average molecular weight is 305 g/mol. The number of hydroxylamine groups is 2. The monoisotopic (exact) mass is 305 g/mol. The van der Waals surface area contributed by atoms with Crippen LogP contribution in [0.15, 0.2) is 42.5 Å². The number of esters is 1. The van der Waals surface area contributed by atoms with Crippen molar-refractivity contribution >= 4 is 11.9 Å². The first-order valence-corrected chi connectivity index (χ1v) is 7.06. The Morgan fingerprint density at radius 2 is 1.86 bits per heavy atom. The number of carbonyl (C=O) groups is 2. The summed E-state index contributed by atoms with van der Waals surface area (Å²) in [6.07, 6.45) is 3.42. The van der Waals surface area contributed by atoms with E-state index in [4.69, 9.17) is 9.57 Å². The molecule has 0 heterocycles. The molecule has 0 fully saturated rings. The van der Waals surface area contributed by atoms with Gasteiger partial charge in [0.15, 0.2) is 0 Å². The van der Waals surface area contributed by atoms with Crippen molar-refractivity contribution in [2.75, 3.05) is 14.2 Å². The van der Waals surface area contributed by atoms with Crippen LogP contribution in [0.2, 0.25) is 0 Å². The molecular weight excluding hydrogens is 282 g/mol. The van der Waals surface area contributed by atoms with Gasteiger partial charge >= 0.3 is 5.97 Å². The Labute approximate surface area is 131 Å². The van der Waals surface area contributed by atoms with E-state index in [0.29, 0.717) is 6.42 Å². The third-order valence-electron chi connectivity index (χ3n) is 3.24. The smallest absolute Gasteiger partial charge is 0.330 e. The number of benzene rings is 1. The zero-order chi connectivity index (χ0) is 16.6. The van der Waals surface area contributed by atoms with Crippen molar-refractivity contribution in [3.8, 4) is 0 Å². The zero-order valence-electron chi connectivity index (χ0n) is 13.5. The summed E-state index contributed by atoms with van der Waals surface area (Å²) in [6, 6.07) is 9.46. The van der Waals surface area contributed by atoms with Gasteiger partial charge in [-0.15, -0.1) is 0 Å². The van der Waals surface area contributed by atoms with E-state index in [2.05, 4.69) is 0 Å². The van der Waals surface area contributed by atoms with Crippen LogP contribution in [0.5, 0.6) is 0 Å². The molecule has 0 radical (unpaired) electrons. The van der Waals surface area contributed by atoms with Crippen molar-refractivity contribution < 1.29 is 19.2 Å². The number of allylic oxidation sites excluding steroid dienone is 1. The largest absolute Gasteiger partial charge is 0.458 e. The van der Waals surface area contributed by atoms with Crippen molar-refractivity contribution in [3.63, 3.8) is 0 Å². The summed E-state index contributed by atoms with van der Waals surface area (Å²) in [7, 11) is 2.99. The fourth-order valence-electron chi connectivity index (χ4n) is 1.82. The molecule has 0 aliphatic rings. The molecule has 1 aromatic carbocycles. The third kappa shape index (κ3) is 5.69. The predicted octanol–water partition coefficient (Wildman–Crippen LogP) is 2.72. The number of nitrogens with zero attached hydrogens (tertiary/aromatic N) is 1. The van der Waals surface area contributed by atoms with E-state index in [-0.39, 0.29) is 12.5 Å². The second-order valence-electron chi connectivity index (χ2n) is 5.57. The van der Waals surface area contributed by atoms with Crippen LogP contribution in [0.1, 0.15) is 25.8 Å². The van der Waals surface area contributed by atoms with E-state index < -0.39 is 11.4 Å². The molecule has 1 amide bonds. The fraction of sp³-hybridized carbons (Fsp3) is 0.412. The first-order valence-electron chi connectivity index (χ1n) is 7.06. The molecule has 0 saturated carbocycles. The van der Waals surface area contributed by atoms with Crippen LogP contribution in [0.3, 0.4) is 0 Å². The summed E-state index contributed by atoms with van der Waals surface area (Å²) >= 11 is 0. The van der Waals surface area contributed by atoms with E-state index in [1.54, 1.807) is 27.0 Å². The zero-order valence-corrected chi connectivity index (χ0v) is 13.5. The minimum Gasteiger partial charge on any atom is -0.458 e. The van der Waals surface area contributed by atoms with Crippen molar-refractivity contribution in [1.29, 1.82) is 0 Å².